The second-order valence-electron chi connectivity index (χ2n) is 13.7. The Morgan fingerprint density at radius 3 is 2.36 bits per heavy atom. The van der Waals surface area contributed by atoms with Crippen LogP contribution in [0.1, 0.15) is 36.1 Å². The third kappa shape index (κ3) is 2.31. The minimum Gasteiger partial charge on any atom is -0.496 e. The van der Waals surface area contributed by atoms with E-state index in [1.165, 1.54) is 22.5 Å². The highest BCUT2D eigenvalue weighted by Gasteiger charge is 2.71. The predicted octanol–water partition coefficient (Wildman–Crippen LogP) is 7.50. The number of ether oxygens (including phenoxy) is 3. The first-order valence-corrected chi connectivity index (χ1v) is 16.1. The number of pyridine rings is 2. The van der Waals surface area contributed by atoms with Crippen LogP contribution >= 0.6 is 0 Å². The van der Waals surface area contributed by atoms with Gasteiger partial charge in [0.25, 0.3) is 5.82 Å². The van der Waals surface area contributed by atoms with Crippen molar-refractivity contribution in [2.45, 2.75) is 24.9 Å². The summed E-state index contributed by atoms with van der Waals surface area (Å²) in [5.74, 6) is 4.45. The largest absolute Gasteiger partial charge is 0.496 e. The topological polar surface area (TPSA) is 43.6 Å². The molecule has 0 saturated carbocycles. The third-order valence-electron chi connectivity index (χ3n) is 11.4. The Morgan fingerprint density at radius 2 is 1.49 bits per heavy atom. The Labute approximate surface area is 270 Å². The van der Waals surface area contributed by atoms with Crippen LogP contribution in [0.25, 0.3) is 39.0 Å². The van der Waals surface area contributed by atoms with Gasteiger partial charge in [-0.1, -0.05) is 56.3 Å². The Morgan fingerprint density at radius 1 is 0.702 bits per heavy atom. The van der Waals surface area contributed by atoms with Crippen LogP contribution in [0.4, 0.5) is 17.2 Å². The number of benzene rings is 4. The lowest BCUT2D eigenvalue weighted by Crippen LogP contribution is -2.75. The van der Waals surface area contributed by atoms with Gasteiger partial charge in [0.15, 0.2) is 17.1 Å². The number of hydrogen-bond acceptors (Lipinski definition) is 4. The van der Waals surface area contributed by atoms with Gasteiger partial charge in [0, 0.05) is 34.1 Å². The number of nitrogens with zero attached hydrogens (tertiary/aromatic N) is 4. The van der Waals surface area contributed by atoms with Crippen LogP contribution in [0.2, 0.25) is 0 Å². The van der Waals surface area contributed by atoms with Crippen LogP contribution in [0, 0.1) is 0 Å². The molecule has 1 unspecified atom stereocenters. The zero-order valence-corrected chi connectivity index (χ0v) is 26.3. The summed E-state index contributed by atoms with van der Waals surface area (Å²) in [6, 6.07) is 35.1. The van der Waals surface area contributed by atoms with Crippen molar-refractivity contribution in [3.05, 3.63) is 119 Å². The summed E-state index contributed by atoms with van der Waals surface area (Å²) in [5.41, 5.74) is 11.7. The molecule has 7 aromatic rings. The second kappa shape index (κ2) is 7.42. The molecule has 224 valence electrons. The van der Waals surface area contributed by atoms with Gasteiger partial charge >= 0.3 is 11.3 Å². The van der Waals surface area contributed by atoms with Crippen LogP contribution in [0.3, 0.4) is 0 Å². The fourth-order valence-electron chi connectivity index (χ4n) is 9.71. The van der Waals surface area contributed by atoms with Gasteiger partial charge in [0.1, 0.15) is 56.4 Å². The summed E-state index contributed by atoms with van der Waals surface area (Å²) in [6.07, 6.45) is 0. The quantitative estimate of drug-likeness (QED) is 0.190. The predicted molar refractivity (Wildman–Crippen MR) is 178 cm³/mol. The molecule has 5 aliphatic rings. The van der Waals surface area contributed by atoms with Gasteiger partial charge in [-0.3, -0.25) is 0 Å². The van der Waals surface area contributed by atoms with E-state index in [0.717, 1.165) is 79.0 Å². The van der Waals surface area contributed by atoms with Gasteiger partial charge in [0.2, 0.25) is 0 Å². The summed E-state index contributed by atoms with van der Waals surface area (Å²) >= 11 is 0. The van der Waals surface area contributed by atoms with Crippen molar-refractivity contribution in [1.29, 1.82) is 0 Å². The van der Waals surface area contributed by atoms with Crippen molar-refractivity contribution in [2.24, 2.45) is 0 Å². The van der Waals surface area contributed by atoms with Crippen LogP contribution in [-0.4, -0.2) is 18.8 Å². The zero-order chi connectivity index (χ0) is 31.1. The van der Waals surface area contributed by atoms with E-state index in [1.54, 1.807) is 14.2 Å². The molecule has 0 aliphatic carbocycles. The van der Waals surface area contributed by atoms with E-state index in [0.29, 0.717) is 0 Å². The number of rotatable bonds is 2. The second-order valence-corrected chi connectivity index (χ2v) is 13.7. The molecule has 3 aromatic heterocycles. The lowest BCUT2D eigenvalue weighted by atomic mass is 9.70. The molecule has 4 aromatic carbocycles. The maximum Gasteiger partial charge on any atom is 0.323 e. The van der Waals surface area contributed by atoms with Crippen LogP contribution < -0.4 is 28.2 Å². The first-order valence-electron chi connectivity index (χ1n) is 16.1. The van der Waals surface area contributed by atoms with Crippen molar-refractivity contribution in [3.8, 4) is 40.1 Å². The van der Waals surface area contributed by atoms with E-state index in [1.807, 2.05) is 0 Å². The van der Waals surface area contributed by atoms with Gasteiger partial charge in [-0.15, -0.1) is 0 Å². The van der Waals surface area contributed by atoms with Crippen molar-refractivity contribution in [2.75, 3.05) is 19.1 Å². The smallest absolute Gasteiger partial charge is 0.323 e. The van der Waals surface area contributed by atoms with E-state index >= 15 is 0 Å². The summed E-state index contributed by atoms with van der Waals surface area (Å²) in [6.45, 7) is 4.69. The maximum absolute atomic E-state index is 7.00. The lowest BCUT2D eigenvalue weighted by Gasteiger charge is -2.46. The molecule has 0 fully saturated rings. The fraction of sp³-hybridized carbons (Fsp3) is 0.150. The Hall–Kier alpha value is -5.82. The van der Waals surface area contributed by atoms with E-state index in [9.17, 15) is 0 Å². The van der Waals surface area contributed by atoms with Crippen LogP contribution in [0.5, 0.6) is 23.0 Å². The third-order valence-corrected chi connectivity index (χ3v) is 11.4. The average molecular weight is 613 g/mol. The molecule has 5 aliphatic heterocycles. The summed E-state index contributed by atoms with van der Waals surface area (Å²) in [5, 5.41) is 2.26. The first-order chi connectivity index (χ1) is 23.0. The number of fused-ring (bicyclic) bond motifs is 8. The minimum atomic E-state index is -0.759. The highest BCUT2D eigenvalue weighted by Crippen LogP contribution is 2.64. The summed E-state index contributed by atoms with van der Waals surface area (Å²) in [4.78, 5) is 2.45. The number of hydrogen-bond donors (Lipinski definition) is 0. The number of methoxy groups -OCH3 is 2. The van der Waals surface area contributed by atoms with Gasteiger partial charge in [-0.2, -0.15) is 18.6 Å². The highest BCUT2D eigenvalue weighted by atomic mass is 16.5. The molecular formula is C40H28N4O3+2. The Bertz CT molecular complexity index is 2690. The van der Waals surface area contributed by atoms with Crippen LogP contribution in [-0.2, 0) is 11.1 Å². The van der Waals surface area contributed by atoms with E-state index in [-0.39, 0.29) is 5.41 Å². The lowest BCUT2D eigenvalue weighted by molar-refractivity contribution is -0.925. The molecule has 12 rings (SSSR count). The van der Waals surface area contributed by atoms with Crippen molar-refractivity contribution >= 4 is 39.1 Å². The number of aromatic nitrogens is 3. The molecule has 0 N–H and O–H groups in total. The molecule has 0 radical (unpaired) electrons. The zero-order valence-electron chi connectivity index (χ0n) is 26.3. The summed E-state index contributed by atoms with van der Waals surface area (Å²) in [7, 11) is 3.54. The van der Waals surface area contributed by atoms with Crippen LogP contribution in [0.15, 0.2) is 97.1 Å². The van der Waals surface area contributed by atoms with Crippen molar-refractivity contribution in [3.63, 3.8) is 0 Å². The Balaban J connectivity index is 1.41. The first kappa shape index (κ1) is 24.4. The standard InChI is InChI=1S/C40H28N4O3/c1-39(2)23-11-6-8-13-26(23)42-33-19-21(45-3)18-28-29-20-32(46-4)34-22-10-5-7-12-25(22)41-27-14-9-15-30-35(27)40(43(28)33,44(29)38(34)41)36-31(47-30)17-16-24(39)37(36)42/h5-20H,1-4H3/q+2. The fourth-order valence-corrected chi connectivity index (χ4v) is 9.71. The SMILES string of the molecule is COc1cc2[n+]3c(c1)N1c4ccccc4C(C)(C)c4ccc5c(c41)C31c3c(cccc3-n3c4ccccc4c4c(OC)cc-2[n+]1c43)O5. The molecule has 0 amide bonds. The van der Waals surface area contributed by atoms with Crippen molar-refractivity contribution in [1.82, 2.24) is 4.57 Å². The van der Waals surface area contributed by atoms with E-state index in [4.69, 9.17) is 14.2 Å². The molecule has 7 heteroatoms. The van der Waals surface area contributed by atoms with E-state index < -0.39 is 5.66 Å². The Kier molecular flexibility index (Phi) is 3.85. The molecule has 8 heterocycles. The summed E-state index contributed by atoms with van der Waals surface area (Å²) < 4.78 is 26.9. The number of anilines is 3. The molecule has 7 nitrogen and oxygen atoms in total. The minimum absolute atomic E-state index is 0.247. The maximum atomic E-state index is 7.00. The normalized spacial score (nSPS) is 18.6. The average Bonchev–Trinajstić information content (AvgIpc) is 3.59. The van der Waals surface area contributed by atoms with Gasteiger partial charge in [-0.25, -0.2) is 0 Å². The monoisotopic (exact) mass is 612 g/mol. The molecule has 0 saturated heterocycles. The molecule has 47 heavy (non-hydrogen) atoms. The highest BCUT2D eigenvalue weighted by molar-refractivity contribution is 6.11. The van der Waals surface area contributed by atoms with Crippen molar-refractivity contribution < 1.29 is 23.3 Å². The van der Waals surface area contributed by atoms with Gasteiger partial charge < -0.3 is 14.2 Å². The van der Waals surface area contributed by atoms with Gasteiger partial charge in [-0.05, 0) is 36.4 Å². The molecule has 1 spiro atoms. The van der Waals surface area contributed by atoms with Gasteiger partial charge in [0.05, 0.1) is 20.3 Å². The van der Waals surface area contributed by atoms with E-state index in [2.05, 4.69) is 130 Å². The molecular weight excluding hydrogens is 584 g/mol. The molecule has 1 atom stereocenters. The molecule has 0 bridgehead atoms. The number of para-hydroxylation sites is 2.